The van der Waals surface area contributed by atoms with Gasteiger partial charge in [-0.2, -0.15) is 0 Å². The fraction of sp³-hybridized carbons (Fsp3) is 0.348. The van der Waals surface area contributed by atoms with Gasteiger partial charge in [0.2, 0.25) is 5.91 Å². The molecule has 1 heterocycles. The maximum absolute atomic E-state index is 12.4. The molecule has 0 saturated heterocycles. The molecule has 0 atom stereocenters. The van der Waals surface area contributed by atoms with Crippen LogP contribution in [0.1, 0.15) is 30.9 Å². The second-order valence-electron chi connectivity index (χ2n) is 7.18. The van der Waals surface area contributed by atoms with E-state index in [4.69, 9.17) is 4.74 Å². The van der Waals surface area contributed by atoms with E-state index in [1.54, 1.807) is 0 Å². The van der Waals surface area contributed by atoms with E-state index in [2.05, 4.69) is 22.4 Å². The van der Waals surface area contributed by atoms with Crippen LogP contribution in [0.3, 0.4) is 0 Å². The van der Waals surface area contributed by atoms with E-state index >= 15 is 0 Å². The second kappa shape index (κ2) is 10.3. The van der Waals surface area contributed by atoms with Crippen molar-refractivity contribution in [3.8, 4) is 17.1 Å². The molecule has 3 rings (SSSR count). The predicted octanol–water partition coefficient (Wildman–Crippen LogP) is 5.01. The first-order chi connectivity index (χ1) is 14.5. The van der Waals surface area contributed by atoms with Crippen LogP contribution in [0, 0.1) is 13.8 Å². The number of benzene rings is 2. The first-order valence-corrected chi connectivity index (χ1v) is 11.1. The Morgan fingerprint density at radius 2 is 1.90 bits per heavy atom. The maximum atomic E-state index is 12.4. The Hall–Kier alpha value is -2.80. The van der Waals surface area contributed by atoms with Crippen molar-refractivity contribution in [3.63, 3.8) is 0 Å². The summed E-state index contributed by atoms with van der Waals surface area (Å²) < 4.78 is 7.62. The lowest BCUT2D eigenvalue weighted by Crippen LogP contribution is -2.15. The van der Waals surface area contributed by atoms with Crippen molar-refractivity contribution in [3.05, 3.63) is 53.6 Å². The number of amides is 1. The summed E-state index contributed by atoms with van der Waals surface area (Å²) in [4.78, 5) is 12.4. The van der Waals surface area contributed by atoms with Crippen LogP contribution in [0.4, 0.5) is 5.69 Å². The number of nitrogens with zero attached hydrogens (tertiary/aromatic N) is 3. The van der Waals surface area contributed by atoms with Gasteiger partial charge in [-0.15, -0.1) is 10.2 Å². The third-order valence-electron chi connectivity index (χ3n) is 4.93. The quantitative estimate of drug-likeness (QED) is 0.386. The molecule has 0 unspecified atom stereocenters. The number of aromatic nitrogens is 3. The Kier molecular flexibility index (Phi) is 7.52. The number of ether oxygens (including phenoxy) is 1. The third kappa shape index (κ3) is 5.42. The smallest absolute Gasteiger partial charge is 0.234 e. The number of aryl methyl sites for hydroxylation is 1. The molecule has 1 N–H and O–H groups in total. The molecule has 0 aliphatic rings. The Labute approximate surface area is 182 Å². The van der Waals surface area contributed by atoms with Gasteiger partial charge >= 0.3 is 0 Å². The standard InChI is InChI=1S/C23H28N4O2S/c1-5-6-14-29-19-12-10-18(11-13-19)22-25-26-23(27(22)4)30-15-21(28)24-20-9-7-8-16(2)17(20)3/h7-13H,5-6,14-15H2,1-4H3,(H,24,28). The highest BCUT2D eigenvalue weighted by atomic mass is 32.2. The fourth-order valence-electron chi connectivity index (χ4n) is 2.93. The number of hydrogen-bond acceptors (Lipinski definition) is 5. The molecule has 30 heavy (non-hydrogen) atoms. The van der Waals surface area contributed by atoms with E-state index in [0.29, 0.717) is 5.16 Å². The largest absolute Gasteiger partial charge is 0.494 e. The van der Waals surface area contributed by atoms with E-state index in [-0.39, 0.29) is 11.7 Å². The summed E-state index contributed by atoms with van der Waals surface area (Å²) >= 11 is 1.37. The highest BCUT2D eigenvalue weighted by molar-refractivity contribution is 7.99. The van der Waals surface area contributed by atoms with Crippen LogP contribution in [0.2, 0.25) is 0 Å². The van der Waals surface area contributed by atoms with Gasteiger partial charge in [0.25, 0.3) is 0 Å². The molecule has 0 fully saturated rings. The molecule has 0 aliphatic heterocycles. The molecular weight excluding hydrogens is 396 g/mol. The molecular formula is C23H28N4O2S. The van der Waals surface area contributed by atoms with E-state index in [1.165, 1.54) is 11.8 Å². The Balaban J connectivity index is 1.60. The van der Waals surface area contributed by atoms with E-state index in [1.807, 2.05) is 67.9 Å². The summed E-state index contributed by atoms with van der Waals surface area (Å²) in [5.41, 5.74) is 4.04. The van der Waals surface area contributed by atoms with Crippen molar-refractivity contribution in [2.24, 2.45) is 7.05 Å². The zero-order valence-corrected chi connectivity index (χ0v) is 18.8. The Bertz CT molecular complexity index is 999. The molecule has 0 saturated carbocycles. The molecule has 6 nitrogen and oxygen atoms in total. The van der Waals surface area contributed by atoms with Crippen LogP contribution in [-0.4, -0.2) is 33.0 Å². The van der Waals surface area contributed by atoms with Gasteiger partial charge in [-0.25, -0.2) is 0 Å². The van der Waals surface area contributed by atoms with Crippen molar-refractivity contribution in [2.45, 2.75) is 38.8 Å². The second-order valence-corrected chi connectivity index (χ2v) is 8.12. The minimum absolute atomic E-state index is 0.0631. The Morgan fingerprint density at radius 3 is 2.63 bits per heavy atom. The number of nitrogens with one attached hydrogen (secondary N) is 1. The fourth-order valence-corrected chi connectivity index (χ4v) is 3.64. The van der Waals surface area contributed by atoms with Crippen molar-refractivity contribution >= 4 is 23.4 Å². The number of thioether (sulfide) groups is 1. The van der Waals surface area contributed by atoms with Crippen molar-refractivity contribution < 1.29 is 9.53 Å². The molecule has 0 bridgehead atoms. The summed E-state index contributed by atoms with van der Waals surface area (Å²) in [6.07, 6.45) is 2.16. The van der Waals surface area contributed by atoms with E-state index in [9.17, 15) is 4.79 Å². The topological polar surface area (TPSA) is 69.0 Å². The number of unbranched alkanes of at least 4 members (excludes halogenated alkanes) is 1. The number of carbonyl (C=O) groups excluding carboxylic acids is 1. The van der Waals surface area contributed by atoms with Crippen LogP contribution in [0.5, 0.6) is 5.75 Å². The lowest BCUT2D eigenvalue weighted by atomic mass is 10.1. The van der Waals surface area contributed by atoms with Gasteiger partial charge in [0, 0.05) is 18.3 Å². The molecule has 2 aromatic carbocycles. The average Bonchev–Trinajstić information content (AvgIpc) is 3.11. The number of anilines is 1. The highest BCUT2D eigenvalue weighted by Crippen LogP contribution is 2.25. The third-order valence-corrected chi connectivity index (χ3v) is 5.95. The lowest BCUT2D eigenvalue weighted by Gasteiger charge is -2.10. The summed E-state index contributed by atoms with van der Waals surface area (Å²) in [5.74, 6) is 1.82. The van der Waals surface area contributed by atoms with Crippen molar-refractivity contribution in [1.82, 2.24) is 14.8 Å². The van der Waals surface area contributed by atoms with Crippen LogP contribution in [0.25, 0.3) is 11.4 Å². The molecule has 0 aliphatic carbocycles. The lowest BCUT2D eigenvalue weighted by molar-refractivity contribution is -0.113. The monoisotopic (exact) mass is 424 g/mol. The van der Waals surface area contributed by atoms with Gasteiger partial charge in [0.15, 0.2) is 11.0 Å². The summed E-state index contributed by atoms with van der Waals surface area (Å²) in [6, 6.07) is 13.7. The van der Waals surface area contributed by atoms with Crippen LogP contribution < -0.4 is 10.1 Å². The van der Waals surface area contributed by atoms with Crippen LogP contribution >= 0.6 is 11.8 Å². The van der Waals surface area contributed by atoms with Gasteiger partial charge in [0.1, 0.15) is 5.75 Å². The van der Waals surface area contributed by atoms with Gasteiger partial charge < -0.3 is 14.6 Å². The zero-order chi connectivity index (χ0) is 21.5. The molecule has 0 radical (unpaired) electrons. The SMILES string of the molecule is CCCCOc1ccc(-c2nnc(SCC(=O)Nc3cccc(C)c3C)n2C)cc1. The molecule has 158 valence electrons. The number of hydrogen-bond donors (Lipinski definition) is 1. The number of rotatable bonds is 9. The number of carbonyl (C=O) groups is 1. The molecule has 3 aromatic rings. The summed E-state index contributed by atoms with van der Waals surface area (Å²) in [7, 11) is 1.91. The predicted molar refractivity (Wildman–Crippen MR) is 122 cm³/mol. The molecule has 0 spiro atoms. The summed E-state index contributed by atoms with van der Waals surface area (Å²) in [6.45, 7) is 6.91. The van der Waals surface area contributed by atoms with Crippen molar-refractivity contribution in [1.29, 1.82) is 0 Å². The maximum Gasteiger partial charge on any atom is 0.234 e. The first kappa shape index (κ1) is 21.9. The normalized spacial score (nSPS) is 10.8. The molecule has 7 heteroatoms. The van der Waals surface area contributed by atoms with E-state index < -0.39 is 0 Å². The highest BCUT2D eigenvalue weighted by Gasteiger charge is 2.14. The minimum Gasteiger partial charge on any atom is -0.494 e. The first-order valence-electron chi connectivity index (χ1n) is 10.1. The molecule has 1 amide bonds. The zero-order valence-electron chi connectivity index (χ0n) is 17.9. The molecule has 1 aromatic heterocycles. The average molecular weight is 425 g/mol. The van der Waals surface area contributed by atoms with Crippen molar-refractivity contribution in [2.75, 3.05) is 17.7 Å². The van der Waals surface area contributed by atoms with Gasteiger partial charge in [-0.3, -0.25) is 4.79 Å². The van der Waals surface area contributed by atoms with Crippen LogP contribution in [-0.2, 0) is 11.8 Å². The van der Waals surface area contributed by atoms with Gasteiger partial charge in [-0.05, 0) is 61.7 Å². The van der Waals surface area contributed by atoms with Gasteiger partial charge in [-0.1, -0.05) is 37.2 Å². The van der Waals surface area contributed by atoms with E-state index in [0.717, 1.165) is 53.4 Å². The van der Waals surface area contributed by atoms with Gasteiger partial charge in [0.05, 0.1) is 12.4 Å². The minimum atomic E-state index is -0.0631. The summed E-state index contributed by atoms with van der Waals surface area (Å²) in [5, 5.41) is 12.2. The Morgan fingerprint density at radius 1 is 1.13 bits per heavy atom. The van der Waals surface area contributed by atoms with Crippen LogP contribution in [0.15, 0.2) is 47.6 Å².